The Morgan fingerprint density at radius 3 is 2.14 bits per heavy atom. The van der Waals surface area contributed by atoms with Crippen LogP contribution in [0.1, 0.15) is 56.6 Å². The summed E-state index contributed by atoms with van der Waals surface area (Å²) in [6, 6.07) is 16.6. The van der Waals surface area contributed by atoms with Crippen LogP contribution in [0.25, 0.3) is 11.1 Å². The number of esters is 1. The van der Waals surface area contributed by atoms with E-state index in [0.717, 1.165) is 25.7 Å². The van der Waals surface area contributed by atoms with Gasteiger partial charge in [-0.2, -0.15) is 0 Å². The number of ether oxygens (including phenoxy) is 5. The van der Waals surface area contributed by atoms with Crippen molar-refractivity contribution in [1.82, 2.24) is 0 Å². The SMILES string of the molecule is CCCCOCC1O[C@@H](S)[C@@H](OCCCC)C(C(=O)OCC2c3ccccc3-c3ccccc32)[C@@H]1OC. The molecule has 1 saturated heterocycles. The van der Waals surface area contributed by atoms with Gasteiger partial charge in [0.25, 0.3) is 0 Å². The Labute approximate surface area is 226 Å². The van der Waals surface area contributed by atoms with Gasteiger partial charge in [0.2, 0.25) is 0 Å². The molecule has 6 nitrogen and oxygen atoms in total. The third kappa shape index (κ3) is 6.40. The van der Waals surface area contributed by atoms with Crippen molar-refractivity contribution >= 4 is 18.6 Å². The van der Waals surface area contributed by atoms with Crippen LogP contribution in [0.4, 0.5) is 0 Å². The van der Waals surface area contributed by atoms with Gasteiger partial charge in [0.15, 0.2) is 0 Å². The second-order valence-electron chi connectivity index (χ2n) is 9.77. The topological polar surface area (TPSA) is 63.2 Å². The Kier molecular flexibility index (Phi) is 10.5. The van der Waals surface area contributed by atoms with E-state index < -0.39 is 29.7 Å². The quantitative estimate of drug-likeness (QED) is 0.207. The molecule has 2 aliphatic rings. The number of hydrogen-bond donors (Lipinski definition) is 1. The van der Waals surface area contributed by atoms with E-state index in [-0.39, 0.29) is 18.5 Å². The van der Waals surface area contributed by atoms with E-state index in [1.54, 1.807) is 7.11 Å². The zero-order valence-electron chi connectivity index (χ0n) is 22.1. The molecule has 0 saturated carbocycles. The van der Waals surface area contributed by atoms with Crippen LogP contribution in [-0.2, 0) is 28.5 Å². The van der Waals surface area contributed by atoms with E-state index in [1.807, 2.05) is 24.3 Å². The number of benzene rings is 2. The molecule has 202 valence electrons. The summed E-state index contributed by atoms with van der Waals surface area (Å²) < 4.78 is 30.0. The minimum Gasteiger partial charge on any atom is -0.464 e. The minimum absolute atomic E-state index is 0.0170. The molecule has 2 aromatic rings. The first-order chi connectivity index (χ1) is 18.1. The number of rotatable bonds is 13. The Morgan fingerprint density at radius 2 is 1.51 bits per heavy atom. The number of unbranched alkanes of at least 4 members (excludes halogenated alkanes) is 2. The van der Waals surface area contributed by atoms with Crippen molar-refractivity contribution in [3.05, 3.63) is 59.7 Å². The van der Waals surface area contributed by atoms with Crippen molar-refractivity contribution in [2.24, 2.45) is 5.92 Å². The van der Waals surface area contributed by atoms with Crippen molar-refractivity contribution < 1.29 is 28.5 Å². The predicted molar refractivity (Wildman–Crippen MR) is 147 cm³/mol. The molecule has 7 heteroatoms. The number of hydrogen-bond acceptors (Lipinski definition) is 7. The molecule has 0 N–H and O–H groups in total. The molecule has 0 spiro atoms. The fourth-order valence-corrected chi connectivity index (χ4v) is 5.75. The molecule has 1 fully saturated rings. The maximum Gasteiger partial charge on any atom is 0.314 e. The monoisotopic (exact) mass is 528 g/mol. The normalized spacial score (nSPS) is 25.0. The van der Waals surface area contributed by atoms with E-state index in [9.17, 15) is 4.79 Å². The van der Waals surface area contributed by atoms with Gasteiger partial charge < -0.3 is 23.7 Å². The lowest BCUT2D eigenvalue weighted by Gasteiger charge is -2.43. The summed E-state index contributed by atoms with van der Waals surface area (Å²) in [6.45, 7) is 5.94. The molecule has 0 amide bonds. The van der Waals surface area contributed by atoms with E-state index in [4.69, 9.17) is 23.7 Å². The maximum absolute atomic E-state index is 13.7. The highest BCUT2D eigenvalue weighted by atomic mass is 32.1. The molecule has 0 radical (unpaired) electrons. The number of carbonyl (C=O) groups excluding carboxylic acids is 1. The van der Waals surface area contributed by atoms with Crippen molar-refractivity contribution in [3.8, 4) is 11.1 Å². The molecule has 0 bridgehead atoms. The predicted octanol–water partition coefficient (Wildman–Crippen LogP) is 5.63. The van der Waals surface area contributed by atoms with Crippen LogP contribution < -0.4 is 0 Å². The molecule has 0 aromatic heterocycles. The zero-order chi connectivity index (χ0) is 26.2. The average Bonchev–Trinajstić information content (AvgIpc) is 3.24. The summed E-state index contributed by atoms with van der Waals surface area (Å²) in [4.78, 5) is 13.7. The Balaban J connectivity index is 1.52. The highest BCUT2D eigenvalue weighted by Crippen LogP contribution is 2.45. The largest absolute Gasteiger partial charge is 0.464 e. The van der Waals surface area contributed by atoms with Crippen molar-refractivity contribution in [3.63, 3.8) is 0 Å². The Bertz CT molecular complexity index is 968. The average molecular weight is 529 g/mol. The lowest BCUT2D eigenvalue weighted by atomic mass is 9.89. The lowest BCUT2D eigenvalue weighted by molar-refractivity contribution is -0.218. The van der Waals surface area contributed by atoms with Gasteiger partial charge in [-0.3, -0.25) is 4.79 Å². The van der Waals surface area contributed by atoms with Gasteiger partial charge in [-0.1, -0.05) is 75.2 Å². The smallest absolute Gasteiger partial charge is 0.314 e. The van der Waals surface area contributed by atoms with E-state index in [2.05, 4.69) is 50.7 Å². The molecule has 5 atom stereocenters. The third-order valence-corrected chi connectivity index (χ3v) is 7.72. The second kappa shape index (κ2) is 13.8. The van der Waals surface area contributed by atoms with E-state index in [0.29, 0.717) is 19.8 Å². The van der Waals surface area contributed by atoms with Gasteiger partial charge in [0.1, 0.15) is 36.3 Å². The highest BCUT2D eigenvalue weighted by molar-refractivity contribution is 7.80. The van der Waals surface area contributed by atoms with Crippen LogP contribution in [0.5, 0.6) is 0 Å². The maximum atomic E-state index is 13.7. The molecular weight excluding hydrogens is 488 g/mol. The summed E-state index contributed by atoms with van der Waals surface area (Å²) in [5.41, 5.74) is 4.16. The van der Waals surface area contributed by atoms with Gasteiger partial charge in [0, 0.05) is 26.2 Å². The molecule has 4 rings (SSSR count). The molecule has 1 heterocycles. The first-order valence-electron chi connectivity index (χ1n) is 13.5. The zero-order valence-corrected chi connectivity index (χ0v) is 23.0. The Morgan fingerprint density at radius 1 is 0.892 bits per heavy atom. The van der Waals surface area contributed by atoms with Gasteiger partial charge >= 0.3 is 5.97 Å². The third-order valence-electron chi connectivity index (χ3n) is 7.30. The van der Waals surface area contributed by atoms with Crippen LogP contribution in [0.2, 0.25) is 0 Å². The molecular formula is C30H40O6S. The van der Waals surface area contributed by atoms with Crippen molar-refractivity contribution in [2.75, 3.05) is 33.5 Å². The van der Waals surface area contributed by atoms with Crippen LogP contribution in [0, 0.1) is 5.92 Å². The molecule has 2 unspecified atom stereocenters. The summed E-state index contributed by atoms with van der Waals surface area (Å²) in [7, 11) is 1.60. The summed E-state index contributed by atoms with van der Waals surface area (Å²) >= 11 is 4.68. The molecule has 1 aliphatic carbocycles. The highest BCUT2D eigenvalue weighted by Gasteiger charge is 2.50. The van der Waals surface area contributed by atoms with Crippen molar-refractivity contribution in [2.45, 2.75) is 69.2 Å². The summed E-state index contributed by atoms with van der Waals surface area (Å²) in [5, 5.41) is 0. The number of carbonyl (C=O) groups is 1. The number of methoxy groups -OCH3 is 1. The molecule has 1 aliphatic heterocycles. The van der Waals surface area contributed by atoms with Crippen molar-refractivity contribution in [1.29, 1.82) is 0 Å². The van der Waals surface area contributed by atoms with Crippen LogP contribution in [0.15, 0.2) is 48.5 Å². The number of fused-ring (bicyclic) bond motifs is 3. The van der Waals surface area contributed by atoms with Crippen LogP contribution in [-0.4, -0.2) is 63.3 Å². The number of thiol groups is 1. The van der Waals surface area contributed by atoms with E-state index in [1.165, 1.54) is 22.3 Å². The van der Waals surface area contributed by atoms with Gasteiger partial charge in [-0.15, -0.1) is 12.6 Å². The Hall–Kier alpha value is -1.90. The standard InChI is InChI=1S/C30H40O6S/c1-4-6-16-33-19-25-27(32-3)26(28(30(37)36-25)34-17-7-5-2)29(31)35-18-24-22-14-10-8-12-20(22)21-13-9-11-15-23(21)24/h8-15,24-28,30,37H,4-7,16-19H2,1-3H3/t25?,26?,27-,28+,30+/m1/s1. The summed E-state index contributed by atoms with van der Waals surface area (Å²) in [6.07, 6.45) is 2.30. The second-order valence-corrected chi connectivity index (χ2v) is 10.3. The first-order valence-corrected chi connectivity index (χ1v) is 14.0. The van der Waals surface area contributed by atoms with Crippen LogP contribution >= 0.6 is 12.6 Å². The van der Waals surface area contributed by atoms with Gasteiger partial charge in [-0.05, 0) is 35.1 Å². The van der Waals surface area contributed by atoms with Gasteiger partial charge in [-0.25, -0.2) is 0 Å². The summed E-state index contributed by atoms with van der Waals surface area (Å²) in [5.74, 6) is -1.04. The fraction of sp³-hybridized carbons (Fsp3) is 0.567. The minimum atomic E-state index is -0.676. The van der Waals surface area contributed by atoms with Crippen LogP contribution in [0.3, 0.4) is 0 Å². The molecule has 37 heavy (non-hydrogen) atoms. The fourth-order valence-electron chi connectivity index (χ4n) is 5.33. The van der Waals surface area contributed by atoms with Gasteiger partial charge in [0.05, 0.1) is 6.61 Å². The van der Waals surface area contributed by atoms with E-state index >= 15 is 0 Å². The first kappa shape index (κ1) is 28.1. The molecule has 2 aromatic carbocycles. The lowest BCUT2D eigenvalue weighted by Crippen LogP contribution is -2.58.